The van der Waals surface area contributed by atoms with Crippen molar-refractivity contribution in [1.82, 2.24) is 4.90 Å². The van der Waals surface area contributed by atoms with E-state index in [0.717, 1.165) is 0 Å². The van der Waals surface area contributed by atoms with E-state index in [0.29, 0.717) is 29.8 Å². The van der Waals surface area contributed by atoms with Crippen LogP contribution in [0.3, 0.4) is 0 Å². The molecule has 1 saturated heterocycles. The summed E-state index contributed by atoms with van der Waals surface area (Å²) in [4.78, 5) is 26.8. The van der Waals surface area contributed by atoms with Crippen molar-refractivity contribution in [2.75, 3.05) is 13.1 Å². The molecule has 1 heterocycles. The fourth-order valence-electron chi connectivity index (χ4n) is 3.05. The molecular formula is C20H21NO3. The molecule has 0 aromatic heterocycles. The summed E-state index contributed by atoms with van der Waals surface area (Å²) in [6, 6.07) is 16.0. The van der Waals surface area contributed by atoms with Gasteiger partial charge in [-0.2, -0.15) is 0 Å². The molecule has 4 nitrogen and oxygen atoms in total. The maximum atomic E-state index is 12.6. The van der Waals surface area contributed by atoms with Crippen LogP contribution >= 0.6 is 0 Å². The van der Waals surface area contributed by atoms with Gasteiger partial charge < -0.3 is 9.64 Å². The molecule has 3 rings (SSSR count). The zero-order chi connectivity index (χ0) is 17.1. The fraction of sp³-hybridized carbons (Fsp3) is 0.300. The van der Waals surface area contributed by atoms with Crippen LogP contribution in [0.15, 0.2) is 54.6 Å². The highest BCUT2D eigenvalue weighted by atomic mass is 16.5. The van der Waals surface area contributed by atoms with Crippen molar-refractivity contribution in [2.24, 2.45) is 0 Å². The average Bonchev–Trinajstić information content (AvgIpc) is 2.60. The maximum Gasteiger partial charge on any atom is 0.254 e. The van der Waals surface area contributed by atoms with Gasteiger partial charge in [0.05, 0.1) is 12.2 Å². The highest BCUT2D eigenvalue weighted by Crippen LogP contribution is 2.16. The second kappa shape index (κ2) is 6.97. The van der Waals surface area contributed by atoms with Crippen molar-refractivity contribution in [1.29, 1.82) is 0 Å². The molecular weight excluding hydrogens is 302 g/mol. The van der Waals surface area contributed by atoms with Gasteiger partial charge in [-0.1, -0.05) is 42.5 Å². The zero-order valence-electron chi connectivity index (χ0n) is 13.9. The van der Waals surface area contributed by atoms with Crippen LogP contribution < -0.4 is 0 Å². The predicted molar refractivity (Wildman–Crippen MR) is 92.2 cm³/mol. The van der Waals surface area contributed by atoms with Crippen LogP contribution in [-0.4, -0.2) is 41.9 Å². The Balaban J connectivity index is 1.74. The van der Waals surface area contributed by atoms with E-state index in [1.54, 1.807) is 36.4 Å². The normalized spacial score (nSPS) is 20.7. The van der Waals surface area contributed by atoms with E-state index in [2.05, 4.69) is 0 Å². The molecule has 124 valence electrons. The summed E-state index contributed by atoms with van der Waals surface area (Å²) in [5.74, 6) is -0.0565. The Morgan fingerprint density at radius 3 is 1.92 bits per heavy atom. The molecule has 0 radical (unpaired) electrons. The Hall–Kier alpha value is -2.46. The Morgan fingerprint density at radius 1 is 0.833 bits per heavy atom. The second-order valence-corrected chi connectivity index (χ2v) is 6.24. The Morgan fingerprint density at radius 2 is 1.33 bits per heavy atom. The monoisotopic (exact) mass is 323 g/mol. The SMILES string of the molecule is C[C@@H]1CN(C(=O)c2ccc(C(=O)c3ccccc3)cc2)C[C@@H](C)O1. The minimum atomic E-state index is -0.0387. The van der Waals surface area contributed by atoms with E-state index in [-0.39, 0.29) is 23.9 Å². The van der Waals surface area contributed by atoms with Crippen LogP contribution in [0, 0.1) is 0 Å². The molecule has 2 aromatic rings. The van der Waals surface area contributed by atoms with Crippen LogP contribution in [0.5, 0.6) is 0 Å². The van der Waals surface area contributed by atoms with Crippen molar-refractivity contribution in [3.8, 4) is 0 Å². The van der Waals surface area contributed by atoms with Crippen molar-refractivity contribution in [3.05, 3.63) is 71.3 Å². The van der Waals surface area contributed by atoms with Gasteiger partial charge in [0.25, 0.3) is 5.91 Å². The van der Waals surface area contributed by atoms with Gasteiger partial charge in [0.1, 0.15) is 0 Å². The molecule has 0 spiro atoms. The number of hydrogen-bond acceptors (Lipinski definition) is 3. The lowest BCUT2D eigenvalue weighted by molar-refractivity contribution is -0.0586. The summed E-state index contributed by atoms with van der Waals surface area (Å²) in [5.41, 5.74) is 1.83. The van der Waals surface area contributed by atoms with E-state index in [9.17, 15) is 9.59 Å². The number of carbonyl (C=O) groups excluding carboxylic acids is 2. The minimum Gasteiger partial charge on any atom is -0.372 e. The smallest absolute Gasteiger partial charge is 0.254 e. The first-order valence-electron chi connectivity index (χ1n) is 8.19. The number of ether oxygens (including phenoxy) is 1. The van der Waals surface area contributed by atoms with Crippen molar-refractivity contribution >= 4 is 11.7 Å². The molecule has 1 amide bonds. The summed E-state index contributed by atoms with van der Waals surface area (Å²) >= 11 is 0. The van der Waals surface area contributed by atoms with Gasteiger partial charge in [0.2, 0.25) is 0 Å². The number of rotatable bonds is 3. The molecule has 2 atom stereocenters. The van der Waals surface area contributed by atoms with Crippen LogP contribution in [0.2, 0.25) is 0 Å². The highest BCUT2D eigenvalue weighted by Gasteiger charge is 2.26. The molecule has 1 fully saturated rings. The van der Waals surface area contributed by atoms with Crippen molar-refractivity contribution in [3.63, 3.8) is 0 Å². The first-order chi connectivity index (χ1) is 11.5. The quantitative estimate of drug-likeness (QED) is 0.815. The van der Waals surface area contributed by atoms with Gasteiger partial charge in [0.15, 0.2) is 5.78 Å². The number of benzene rings is 2. The number of amides is 1. The van der Waals surface area contributed by atoms with E-state index >= 15 is 0 Å². The largest absolute Gasteiger partial charge is 0.372 e. The van der Waals surface area contributed by atoms with Gasteiger partial charge in [0, 0.05) is 29.8 Å². The third-order valence-corrected chi connectivity index (χ3v) is 4.14. The Labute approximate surface area is 142 Å². The topological polar surface area (TPSA) is 46.6 Å². The number of nitrogens with zero attached hydrogens (tertiary/aromatic N) is 1. The summed E-state index contributed by atoms with van der Waals surface area (Å²) < 4.78 is 5.66. The molecule has 24 heavy (non-hydrogen) atoms. The van der Waals surface area contributed by atoms with Crippen molar-refractivity contribution in [2.45, 2.75) is 26.1 Å². The van der Waals surface area contributed by atoms with E-state index in [1.807, 2.05) is 36.9 Å². The van der Waals surface area contributed by atoms with Crippen LogP contribution in [-0.2, 0) is 4.74 Å². The van der Waals surface area contributed by atoms with E-state index in [1.165, 1.54) is 0 Å². The number of carbonyl (C=O) groups is 2. The molecule has 0 saturated carbocycles. The average molecular weight is 323 g/mol. The van der Waals surface area contributed by atoms with E-state index in [4.69, 9.17) is 4.74 Å². The number of morpholine rings is 1. The minimum absolute atomic E-state index is 0.0179. The highest BCUT2D eigenvalue weighted by molar-refractivity contribution is 6.09. The van der Waals surface area contributed by atoms with Crippen LogP contribution in [0.4, 0.5) is 0 Å². The van der Waals surface area contributed by atoms with Gasteiger partial charge in [-0.15, -0.1) is 0 Å². The molecule has 2 aromatic carbocycles. The van der Waals surface area contributed by atoms with Gasteiger partial charge in [-0.05, 0) is 26.0 Å². The van der Waals surface area contributed by atoms with E-state index < -0.39 is 0 Å². The molecule has 0 bridgehead atoms. The molecule has 4 heteroatoms. The summed E-state index contributed by atoms with van der Waals surface area (Å²) in [6.07, 6.45) is 0.0771. The summed E-state index contributed by atoms with van der Waals surface area (Å²) in [5, 5.41) is 0. The molecule has 1 aliphatic rings. The lowest BCUT2D eigenvalue weighted by Crippen LogP contribution is -2.48. The molecule has 0 unspecified atom stereocenters. The van der Waals surface area contributed by atoms with Gasteiger partial charge in [-0.3, -0.25) is 9.59 Å². The lowest BCUT2D eigenvalue weighted by atomic mass is 10.0. The Bertz CT molecular complexity index is 714. The van der Waals surface area contributed by atoms with Gasteiger partial charge >= 0.3 is 0 Å². The van der Waals surface area contributed by atoms with Gasteiger partial charge in [-0.25, -0.2) is 0 Å². The first kappa shape index (κ1) is 16.4. The predicted octanol–water partition coefficient (Wildman–Crippen LogP) is 3.17. The van der Waals surface area contributed by atoms with Crippen LogP contribution in [0.1, 0.15) is 40.1 Å². The maximum absolute atomic E-state index is 12.6. The standard InChI is InChI=1S/C20H21NO3/c1-14-12-21(13-15(2)24-14)20(23)18-10-8-17(9-11-18)19(22)16-6-4-3-5-7-16/h3-11,14-15H,12-13H2,1-2H3/t14-,15-/m1/s1. The molecule has 0 aliphatic carbocycles. The Kier molecular flexibility index (Phi) is 4.76. The zero-order valence-corrected chi connectivity index (χ0v) is 13.9. The third kappa shape index (κ3) is 3.54. The number of ketones is 1. The van der Waals surface area contributed by atoms with Crippen LogP contribution in [0.25, 0.3) is 0 Å². The molecule has 1 aliphatic heterocycles. The fourth-order valence-corrected chi connectivity index (χ4v) is 3.05. The lowest BCUT2D eigenvalue weighted by Gasteiger charge is -2.35. The van der Waals surface area contributed by atoms with Crippen molar-refractivity contribution < 1.29 is 14.3 Å². The molecule has 0 N–H and O–H groups in total. The first-order valence-corrected chi connectivity index (χ1v) is 8.19. The number of hydrogen-bond donors (Lipinski definition) is 0. The second-order valence-electron chi connectivity index (χ2n) is 6.24. The summed E-state index contributed by atoms with van der Waals surface area (Å²) in [7, 11) is 0. The third-order valence-electron chi connectivity index (χ3n) is 4.14. The summed E-state index contributed by atoms with van der Waals surface area (Å²) in [6.45, 7) is 5.12.